The zero-order chi connectivity index (χ0) is 12.3. The van der Waals surface area contributed by atoms with Gasteiger partial charge in [-0.3, -0.25) is 4.79 Å². The first kappa shape index (κ1) is 12.9. The van der Waals surface area contributed by atoms with Crippen molar-refractivity contribution in [2.75, 3.05) is 0 Å². The quantitative estimate of drug-likeness (QED) is 0.834. The van der Waals surface area contributed by atoms with Gasteiger partial charge in [-0.1, -0.05) is 12.1 Å². The van der Waals surface area contributed by atoms with Crippen LogP contribution in [0, 0.1) is 0 Å². The summed E-state index contributed by atoms with van der Waals surface area (Å²) in [5.41, 5.74) is -3.99. The molecule has 1 aromatic carbocycles. The highest BCUT2D eigenvalue weighted by Gasteiger charge is 2.29. The largest absolute Gasteiger partial charge is 0.481 e. The fourth-order valence-electron chi connectivity index (χ4n) is 1.12. The maximum atomic E-state index is 12.1. The number of aliphatic carboxylic acids is 1. The molecule has 6 heteroatoms. The molecule has 0 bridgehead atoms. The van der Waals surface area contributed by atoms with E-state index in [4.69, 9.17) is 5.11 Å². The average Bonchev–Trinajstić information content (AvgIpc) is 2.14. The number of thioether (sulfide) groups is 1. The number of hydrogen-bond acceptors (Lipinski definition) is 2. The Kier molecular flexibility index (Phi) is 3.85. The van der Waals surface area contributed by atoms with Gasteiger partial charge >= 0.3 is 11.5 Å². The first-order valence-electron chi connectivity index (χ1n) is 4.38. The van der Waals surface area contributed by atoms with Gasteiger partial charge in [-0.05, 0) is 36.4 Å². The normalized spacial score (nSPS) is 13.5. The van der Waals surface area contributed by atoms with E-state index in [1.165, 1.54) is 31.2 Å². The second-order valence-electron chi connectivity index (χ2n) is 3.18. The number of hydrogen-bond donors (Lipinski definition) is 1. The second kappa shape index (κ2) is 4.78. The molecule has 0 spiro atoms. The summed E-state index contributed by atoms with van der Waals surface area (Å²) in [7, 11) is 0. The molecule has 0 aliphatic carbocycles. The number of alkyl halides is 3. The Bertz CT molecular complexity index is 390. The number of rotatable bonds is 3. The van der Waals surface area contributed by atoms with Crippen LogP contribution in [0.5, 0.6) is 0 Å². The fourth-order valence-corrected chi connectivity index (χ4v) is 1.73. The third-order valence-corrected chi connectivity index (χ3v) is 2.68. The van der Waals surface area contributed by atoms with Crippen LogP contribution in [0.15, 0.2) is 29.2 Å². The SMILES string of the molecule is CC(C(=O)O)c1cccc(SC(F)(F)F)c1. The van der Waals surface area contributed by atoms with Crippen LogP contribution in [0.1, 0.15) is 18.4 Å². The summed E-state index contributed by atoms with van der Waals surface area (Å²) < 4.78 is 36.2. The molecule has 88 valence electrons. The summed E-state index contributed by atoms with van der Waals surface area (Å²) in [6.45, 7) is 1.43. The molecule has 0 saturated carbocycles. The number of carbonyl (C=O) groups is 1. The fraction of sp³-hybridized carbons (Fsp3) is 0.300. The van der Waals surface area contributed by atoms with Gasteiger partial charge in [0.25, 0.3) is 0 Å². The van der Waals surface area contributed by atoms with E-state index in [2.05, 4.69) is 0 Å². The van der Waals surface area contributed by atoms with Crippen molar-refractivity contribution in [3.05, 3.63) is 29.8 Å². The Morgan fingerprint density at radius 2 is 2.06 bits per heavy atom. The summed E-state index contributed by atoms with van der Waals surface area (Å²) in [4.78, 5) is 10.7. The van der Waals surface area contributed by atoms with E-state index in [-0.39, 0.29) is 16.7 Å². The van der Waals surface area contributed by atoms with Crippen LogP contribution >= 0.6 is 11.8 Å². The van der Waals surface area contributed by atoms with Crippen molar-refractivity contribution in [3.8, 4) is 0 Å². The molecule has 1 rings (SSSR count). The Labute approximate surface area is 94.5 Å². The van der Waals surface area contributed by atoms with Crippen molar-refractivity contribution >= 4 is 17.7 Å². The van der Waals surface area contributed by atoms with E-state index in [1.807, 2.05) is 0 Å². The molecule has 1 atom stereocenters. The number of halogens is 3. The summed E-state index contributed by atoms with van der Waals surface area (Å²) in [6.07, 6.45) is 0. The van der Waals surface area contributed by atoms with E-state index < -0.39 is 17.4 Å². The topological polar surface area (TPSA) is 37.3 Å². The number of benzene rings is 1. The maximum Gasteiger partial charge on any atom is 0.446 e. The van der Waals surface area contributed by atoms with E-state index in [1.54, 1.807) is 0 Å². The van der Waals surface area contributed by atoms with Crippen molar-refractivity contribution in [1.82, 2.24) is 0 Å². The molecule has 0 saturated heterocycles. The van der Waals surface area contributed by atoms with Gasteiger partial charge in [0.05, 0.1) is 5.92 Å². The van der Waals surface area contributed by atoms with Crippen LogP contribution in [0.4, 0.5) is 13.2 Å². The average molecular weight is 250 g/mol. The Morgan fingerprint density at radius 1 is 1.44 bits per heavy atom. The lowest BCUT2D eigenvalue weighted by molar-refractivity contribution is -0.138. The van der Waals surface area contributed by atoms with Crippen molar-refractivity contribution < 1.29 is 23.1 Å². The molecular formula is C10H9F3O2S. The van der Waals surface area contributed by atoms with Gasteiger partial charge in [0, 0.05) is 4.90 Å². The predicted molar refractivity (Wildman–Crippen MR) is 54.4 cm³/mol. The molecule has 0 aromatic heterocycles. The third kappa shape index (κ3) is 3.77. The third-order valence-electron chi connectivity index (χ3n) is 1.96. The molecule has 0 fully saturated rings. The minimum atomic E-state index is -4.36. The first-order valence-corrected chi connectivity index (χ1v) is 5.20. The van der Waals surface area contributed by atoms with Gasteiger partial charge < -0.3 is 5.11 Å². The van der Waals surface area contributed by atoms with Crippen molar-refractivity contribution in [1.29, 1.82) is 0 Å². The first-order chi connectivity index (χ1) is 7.29. The van der Waals surface area contributed by atoms with Crippen LogP contribution in [-0.2, 0) is 4.79 Å². The van der Waals surface area contributed by atoms with E-state index in [0.717, 1.165) is 0 Å². The second-order valence-corrected chi connectivity index (χ2v) is 4.32. The Hall–Kier alpha value is -1.17. The molecule has 16 heavy (non-hydrogen) atoms. The zero-order valence-electron chi connectivity index (χ0n) is 8.28. The van der Waals surface area contributed by atoms with Crippen LogP contribution in [0.25, 0.3) is 0 Å². The van der Waals surface area contributed by atoms with Gasteiger partial charge in [-0.2, -0.15) is 13.2 Å². The van der Waals surface area contributed by atoms with Gasteiger partial charge in [-0.15, -0.1) is 0 Å². The molecule has 0 heterocycles. The smallest absolute Gasteiger partial charge is 0.446 e. The van der Waals surface area contributed by atoms with Crippen LogP contribution in [-0.4, -0.2) is 16.6 Å². The lowest BCUT2D eigenvalue weighted by atomic mass is 10.0. The zero-order valence-corrected chi connectivity index (χ0v) is 9.10. The van der Waals surface area contributed by atoms with Crippen molar-refractivity contribution in [2.45, 2.75) is 23.2 Å². The van der Waals surface area contributed by atoms with Gasteiger partial charge in [0.2, 0.25) is 0 Å². The lowest BCUT2D eigenvalue weighted by Crippen LogP contribution is -2.07. The molecule has 1 aromatic rings. The van der Waals surface area contributed by atoms with Crippen molar-refractivity contribution in [2.24, 2.45) is 0 Å². The van der Waals surface area contributed by atoms with Gasteiger partial charge in [0.1, 0.15) is 0 Å². The Balaban J connectivity index is 2.91. The summed E-state index contributed by atoms with van der Waals surface area (Å²) >= 11 is -0.249. The van der Waals surface area contributed by atoms with E-state index >= 15 is 0 Å². The molecule has 0 aliphatic rings. The monoisotopic (exact) mass is 250 g/mol. The van der Waals surface area contributed by atoms with Gasteiger partial charge in [0.15, 0.2) is 0 Å². The molecule has 0 radical (unpaired) electrons. The minimum Gasteiger partial charge on any atom is -0.481 e. The highest BCUT2D eigenvalue weighted by Crippen LogP contribution is 2.37. The van der Waals surface area contributed by atoms with Crippen LogP contribution in [0.3, 0.4) is 0 Å². The minimum absolute atomic E-state index is 0.00176. The standard InChI is InChI=1S/C10H9F3O2S/c1-6(9(14)15)7-3-2-4-8(5-7)16-10(11,12)13/h2-6H,1H3,(H,14,15). The predicted octanol–water partition coefficient (Wildman–Crippen LogP) is 3.49. The van der Waals surface area contributed by atoms with Crippen LogP contribution < -0.4 is 0 Å². The number of carboxylic acid groups (broad SMARTS) is 1. The molecule has 0 amide bonds. The highest BCUT2D eigenvalue weighted by molar-refractivity contribution is 8.00. The summed E-state index contributed by atoms with van der Waals surface area (Å²) in [5.74, 6) is -1.87. The van der Waals surface area contributed by atoms with Crippen LogP contribution in [0.2, 0.25) is 0 Å². The molecule has 1 N–H and O–H groups in total. The Morgan fingerprint density at radius 3 is 2.56 bits per heavy atom. The summed E-state index contributed by atoms with van der Waals surface area (Å²) in [5, 5.41) is 8.73. The van der Waals surface area contributed by atoms with E-state index in [9.17, 15) is 18.0 Å². The highest BCUT2D eigenvalue weighted by atomic mass is 32.2. The molecule has 1 unspecified atom stereocenters. The lowest BCUT2D eigenvalue weighted by Gasteiger charge is -2.09. The number of carboxylic acids is 1. The van der Waals surface area contributed by atoms with E-state index in [0.29, 0.717) is 5.56 Å². The molecule has 0 aliphatic heterocycles. The molecular weight excluding hydrogens is 241 g/mol. The van der Waals surface area contributed by atoms with Crippen molar-refractivity contribution in [3.63, 3.8) is 0 Å². The van der Waals surface area contributed by atoms with Gasteiger partial charge in [-0.25, -0.2) is 0 Å². The summed E-state index contributed by atoms with van der Waals surface area (Å²) in [6, 6.07) is 5.47. The molecule has 2 nitrogen and oxygen atoms in total. The maximum absolute atomic E-state index is 12.1.